The predicted octanol–water partition coefficient (Wildman–Crippen LogP) is 4.38. The molecule has 4 nitrogen and oxygen atoms in total. The average molecular weight is 314 g/mol. The van der Waals surface area contributed by atoms with Crippen LogP contribution in [0.2, 0.25) is 0 Å². The van der Waals surface area contributed by atoms with Crippen molar-refractivity contribution in [2.75, 3.05) is 0 Å². The molecule has 0 spiro atoms. The molecule has 1 aromatic heterocycles. The van der Waals surface area contributed by atoms with E-state index in [0.717, 1.165) is 11.3 Å². The molecule has 0 amide bonds. The lowest BCUT2D eigenvalue weighted by molar-refractivity contribution is 0.483. The Morgan fingerprint density at radius 2 is 1.50 bits per heavy atom. The van der Waals surface area contributed by atoms with Crippen LogP contribution in [-0.4, -0.2) is 9.97 Å². The first-order valence-electron chi connectivity index (χ1n) is 7.62. The van der Waals surface area contributed by atoms with Crippen molar-refractivity contribution in [2.24, 2.45) is 0 Å². The van der Waals surface area contributed by atoms with Crippen LogP contribution in [0, 0.1) is 0 Å². The number of nitrogens with zero attached hydrogens (tertiary/aromatic N) is 1. The zero-order valence-electron chi connectivity index (χ0n) is 12.8. The van der Waals surface area contributed by atoms with E-state index in [-0.39, 0.29) is 5.56 Å². The first-order chi connectivity index (χ1) is 11.8. The molecule has 0 saturated heterocycles. The molecule has 0 aliphatic carbocycles. The molecule has 0 atom stereocenters. The number of nitrogens with one attached hydrogen (secondary N) is 1. The molecule has 0 aliphatic heterocycles. The predicted molar refractivity (Wildman–Crippen MR) is 94.3 cm³/mol. The van der Waals surface area contributed by atoms with Gasteiger partial charge in [0.1, 0.15) is 17.3 Å². The molecule has 0 saturated carbocycles. The van der Waals surface area contributed by atoms with E-state index in [1.165, 1.54) is 0 Å². The Labute approximate surface area is 138 Å². The summed E-state index contributed by atoms with van der Waals surface area (Å²) in [6.07, 6.45) is 0. The Morgan fingerprint density at radius 1 is 0.792 bits per heavy atom. The summed E-state index contributed by atoms with van der Waals surface area (Å²) in [6.45, 7) is 0. The van der Waals surface area contributed by atoms with Crippen LogP contribution in [-0.2, 0) is 0 Å². The SMILES string of the molecule is O=c1[nH]c(-c2ccccc2)nc2ccc(Oc3ccccc3)cc12. The van der Waals surface area contributed by atoms with Crippen molar-refractivity contribution >= 4 is 10.9 Å². The largest absolute Gasteiger partial charge is 0.457 e. The fourth-order valence-electron chi connectivity index (χ4n) is 2.54. The lowest BCUT2D eigenvalue weighted by atomic mass is 10.2. The Kier molecular flexibility index (Phi) is 3.56. The molecule has 3 aromatic carbocycles. The van der Waals surface area contributed by atoms with E-state index in [1.807, 2.05) is 66.7 Å². The Bertz CT molecular complexity index is 1040. The molecular weight excluding hydrogens is 300 g/mol. The third-order valence-corrected chi connectivity index (χ3v) is 3.70. The maximum Gasteiger partial charge on any atom is 0.259 e. The quantitative estimate of drug-likeness (QED) is 0.610. The van der Waals surface area contributed by atoms with Crippen molar-refractivity contribution in [3.8, 4) is 22.9 Å². The summed E-state index contributed by atoms with van der Waals surface area (Å²) in [5, 5.41) is 0.503. The van der Waals surface area contributed by atoms with Crippen molar-refractivity contribution in [1.82, 2.24) is 9.97 Å². The van der Waals surface area contributed by atoms with E-state index < -0.39 is 0 Å². The number of hydrogen-bond donors (Lipinski definition) is 1. The average Bonchev–Trinajstić information content (AvgIpc) is 2.64. The first kappa shape index (κ1) is 14.2. The highest BCUT2D eigenvalue weighted by Crippen LogP contribution is 2.24. The maximum absolute atomic E-state index is 12.4. The van der Waals surface area contributed by atoms with Gasteiger partial charge in [0.2, 0.25) is 0 Å². The van der Waals surface area contributed by atoms with Gasteiger partial charge in [-0.2, -0.15) is 0 Å². The van der Waals surface area contributed by atoms with Gasteiger partial charge in [0.25, 0.3) is 5.56 Å². The third kappa shape index (κ3) is 2.77. The molecule has 0 radical (unpaired) electrons. The lowest BCUT2D eigenvalue weighted by Gasteiger charge is -2.07. The summed E-state index contributed by atoms with van der Waals surface area (Å²) in [5.41, 5.74) is 1.33. The van der Waals surface area contributed by atoms with Gasteiger partial charge in [-0.15, -0.1) is 0 Å². The van der Waals surface area contributed by atoms with Crippen LogP contribution in [0.15, 0.2) is 83.7 Å². The van der Waals surface area contributed by atoms with Gasteiger partial charge in [0, 0.05) is 5.56 Å². The standard InChI is InChI=1S/C20H14N2O2/c23-20-17-13-16(24-15-9-5-2-6-10-15)11-12-18(17)21-19(22-20)14-7-3-1-4-8-14/h1-13H,(H,21,22,23). The third-order valence-electron chi connectivity index (χ3n) is 3.70. The van der Waals surface area contributed by atoms with Gasteiger partial charge in [0.05, 0.1) is 10.9 Å². The van der Waals surface area contributed by atoms with E-state index in [4.69, 9.17) is 4.74 Å². The minimum absolute atomic E-state index is 0.183. The molecule has 4 heteroatoms. The van der Waals surface area contributed by atoms with Crippen LogP contribution in [0.25, 0.3) is 22.3 Å². The highest BCUT2D eigenvalue weighted by molar-refractivity contribution is 5.81. The van der Waals surface area contributed by atoms with Gasteiger partial charge in [-0.1, -0.05) is 48.5 Å². The van der Waals surface area contributed by atoms with E-state index in [1.54, 1.807) is 12.1 Å². The van der Waals surface area contributed by atoms with Gasteiger partial charge >= 0.3 is 0 Å². The molecule has 4 rings (SSSR count). The minimum atomic E-state index is -0.183. The summed E-state index contributed by atoms with van der Waals surface area (Å²) in [6, 6.07) is 24.4. The fraction of sp³-hybridized carbons (Fsp3) is 0. The van der Waals surface area contributed by atoms with Gasteiger partial charge < -0.3 is 9.72 Å². The number of ether oxygens (including phenoxy) is 1. The topological polar surface area (TPSA) is 55.0 Å². The van der Waals surface area contributed by atoms with E-state index in [0.29, 0.717) is 22.5 Å². The molecule has 0 unspecified atom stereocenters. The van der Waals surface area contributed by atoms with Crippen molar-refractivity contribution in [3.63, 3.8) is 0 Å². The lowest BCUT2D eigenvalue weighted by Crippen LogP contribution is -2.09. The Morgan fingerprint density at radius 3 is 2.25 bits per heavy atom. The zero-order chi connectivity index (χ0) is 16.4. The second kappa shape index (κ2) is 6.01. The van der Waals surface area contributed by atoms with Gasteiger partial charge in [-0.25, -0.2) is 4.98 Å². The number of para-hydroxylation sites is 1. The number of rotatable bonds is 3. The number of aromatic nitrogens is 2. The molecular formula is C20H14N2O2. The van der Waals surface area contributed by atoms with Crippen molar-refractivity contribution < 1.29 is 4.74 Å². The normalized spacial score (nSPS) is 10.7. The molecule has 1 heterocycles. The monoisotopic (exact) mass is 314 g/mol. The van der Waals surface area contributed by atoms with Crippen molar-refractivity contribution in [2.45, 2.75) is 0 Å². The second-order valence-corrected chi connectivity index (χ2v) is 5.37. The van der Waals surface area contributed by atoms with Gasteiger partial charge in [0.15, 0.2) is 0 Å². The second-order valence-electron chi connectivity index (χ2n) is 5.37. The van der Waals surface area contributed by atoms with Crippen LogP contribution >= 0.6 is 0 Å². The number of aromatic amines is 1. The van der Waals surface area contributed by atoms with Gasteiger partial charge in [-0.3, -0.25) is 4.79 Å². The number of H-pyrrole nitrogens is 1. The molecule has 1 N–H and O–H groups in total. The summed E-state index contributed by atoms with van der Waals surface area (Å²) < 4.78 is 5.78. The van der Waals surface area contributed by atoms with E-state index >= 15 is 0 Å². The molecule has 0 bridgehead atoms. The Hall–Kier alpha value is -3.40. The summed E-state index contributed by atoms with van der Waals surface area (Å²) in [7, 11) is 0. The molecule has 116 valence electrons. The first-order valence-corrected chi connectivity index (χ1v) is 7.62. The highest BCUT2D eigenvalue weighted by atomic mass is 16.5. The van der Waals surface area contributed by atoms with Crippen LogP contribution in [0.4, 0.5) is 0 Å². The number of fused-ring (bicyclic) bond motifs is 1. The van der Waals surface area contributed by atoms with Crippen molar-refractivity contribution in [3.05, 3.63) is 89.2 Å². The van der Waals surface area contributed by atoms with Crippen LogP contribution in [0.3, 0.4) is 0 Å². The number of hydrogen-bond acceptors (Lipinski definition) is 3. The van der Waals surface area contributed by atoms with Crippen LogP contribution in [0.1, 0.15) is 0 Å². The zero-order valence-corrected chi connectivity index (χ0v) is 12.8. The molecule has 0 aliphatic rings. The van der Waals surface area contributed by atoms with E-state index in [9.17, 15) is 4.79 Å². The van der Waals surface area contributed by atoms with Gasteiger partial charge in [-0.05, 0) is 30.3 Å². The van der Waals surface area contributed by atoms with Crippen LogP contribution < -0.4 is 10.3 Å². The summed E-state index contributed by atoms with van der Waals surface area (Å²) >= 11 is 0. The van der Waals surface area contributed by atoms with Crippen molar-refractivity contribution in [1.29, 1.82) is 0 Å². The molecule has 24 heavy (non-hydrogen) atoms. The Balaban J connectivity index is 1.76. The smallest absolute Gasteiger partial charge is 0.259 e. The van der Waals surface area contributed by atoms with Crippen LogP contribution in [0.5, 0.6) is 11.5 Å². The summed E-state index contributed by atoms with van der Waals surface area (Å²) in [4.78, 5) is 19.8. The van der Waals surface area contributed by atoms with E-state index in [2.05, 4.69) is 9.97 Å². The highest BCUT2D eigenvalue weighted by Gasteiger charge is 2.07. The molecule has 4 aromatic rings. The summed E-state index contributed by atoms with van der Waals surface area (Å²) in [5.74, 6) is 1.89. The maximum atomic E-state index is 12.4. The minimum Gasteiger partial charge on any atom is -0.457 e. The molecule has 0 fully saturated rings. The number of benzene rings is 3. The fourth-order valence-corrected chi connectivity index (χ4v) is 2.54.